The van der Waals surface area contributed by atoms with Crippen LogP contribution in [0.4, 0.5) is 5.69 Å². The number of para-hydroxylation sites is 1. The predicted molar refractivity (Wildman–Crippen MR) is 123 cm³/mol. The van der Waals surface area contributed by atoms with Crippen molar-refractivity contribution < 1.29 is 23.8 Å². The fourth-order valence-corrected chi connectivity index (χ4v) is 8.81. The Morgan fingerprint density at radius 1 is 1.16 bits per heavy atom. The van der Waals surface area contributed by atoms with Crippen molar-refractivity contribution in [2.24, 2.45) is 29.1 Å². The zero-order chi connectivity index (χ0) is 22.7. The maximum Gasteiger partial charge on any atom is 0.309 e. The largest absolute Gasteiger partial charge is 0.481 e. The Bertz CT molecular complexity index is 899. The summed E-state index contributed by atoms with van der Waals surface area (Å²) in [6.07, 6.45) is 4.07. The van der Waals surface area contributed by atoms with Crippen LogP contribution >= 0.6 is 11.0 Å². The molecule has 32 heavy (non-hydrogen) atoms. The van der Waals surface area contributed by atoms with Crippen LogP contribution in [0.25, 0.3) is 0 Å². The van der Waals surface area contributed by atoms with Crippen LogP contribution in [0.2, 0.25) is 0 Å². The van der Waals surface area contributed by atoms with E-state index in [1.165, 1.54) is 4.31 Å². The van der Waals surface area contributed by atoms with Gasteiger partial charge in [-0.15, -0.1) is 0 Å². The van der Waals surface area contributed by atoms with Crippen LogP contribution in [-0.2, 0) is 9.59 Å². The summed E-state index contributed by atoms with van der Waals surface area (Å²) in [5.74, 6) is -0.0729. The lowest BCUT2D eigenvalue weighted by molar-refractivity contribution is -0.180. The summed E-state index contributed by atoms with van der Waals surface area (Å²) >= 11 is 0. The van der Waals surface area contributed by atoms with Gasteiger partial charge in [-0.1, -0.05) is 36.1 Å². The first-order chi connectivity index (χ1) is 15.2. The molecule has 0 radical (unpaired) electrons. The third-order valence-electron chi connectivity index (χ3n) is 8.53. The predicted octanol–water partition coefficient (Wildman–Crippen LogP) is 3.42. The van der Waals surface area contributed by atoms with Crippen LogP contribution in [0.3, 0.4) is 0 Å². The Balaban J connectivity index is 1.28. The third-order valence-corrected chi connectivity index (χ3v) is 10.5. The number of carbonyl (C=O) groups excluding carboxylic acids is 1. The average Bonchev–Trinajstić information content (AvgIpc) is 2.75. The molecule has 4 aliphatic carbocycles. The second kappa shape index (κ2) is 7.90. The molecule has 1 heterocycles. The number of nitrogens with one attached hydrogen (secondary N) is 1. The van der Waals surface area contributed by atoms with Gasteiger partial charge in [-0.3, -0.25) is 23.0 Å². The number of amides is 1. The summed E-state index contributed by atoms with van der Waals surface area (Å²) in [4.78, 5) is 25.2. The van der Waals surface area contributed by atoms with Crippen molar-refractivity contribution in [1.29, 1.82) is 0 Å². The molecule has 1 aromatic carbocycles. The molecule has 6 rings (SSSR count). The number of anilines is 1. The number of nitrogens with zero attached hydrogens (tertiary/aromatic N) is 2. The maximum absolute atomic E-state index is 13.1. The lowest BCUT2D eigenvalue weighted by atomic mass is 9.44. The molecule has 4 saturated carbocycles. The lowest BCUT2D eigenvalue weighted by Gasteiger charge is -2.61. The molecule has 4 N–H and O–H groups in total. The van der Waals surface area contributed by atoms with Gasteiger partial charge in [0.15, 0.2) is 0 Å². The van der Waals surface area contributed by atoms with E-state index in [4.69, 9.17) is 0 Å². The number of benzene rings is 1. The molecule has 8 nitrogen and oxygen atoms in total. The van der Waals surface area contributed by atoms with Crippen molar-refractivity contribution in [3.05, 3.63) is 30.3 Å². The molecule has 6 unspecified atom stereocenters. The molecule has 176 valence electrons. The standard InChI is InChI=1S/C23H33N3O5S/c1-15-19-11-16-10-17(13-23(15,12-16)22(28)29)21(19)24-20(27)14-25-8-5-9-26(32(25,30)31)18-6-3-2-4-7-18/h2-4,6-7,15-17,19,21,30-31H,5,8-14H2,1H3,(H,24,27)(H,28,29). The van der Waals surface area contributed by atoms with E-state index in [1.807, 2.05) is 37.3 Å². The van der Waals surface area contributed by atoms with Gasteiger partial charge in [0.25, 0.3) is 0 Å². The van der Waals surface area contributed by atoms with Gasteiger partial charge in [-0.25, -0.2) is 0 Å². The van der Waals surface area contributed by atoms with E-state index in [1.54, 1.807) is 4.31 Å². The smallest absolute Gasteiger partial charge is 0.309 e. The van der Waals surface area contributed by atoms with Crippen molar-refractivity contribution in [1.82, 2.24) is 9.62 Å². The zero-order valence-electron chi connectivity index (χ0n) is 18.4. The molecule has 5 aliphatic rings. The highest BCUT2D eigenvalue weighted by Gasteiger charge is 2.62. The first kappa shape index (κ1) is 22.0. The minimum absolute atomic E-state index is 0.0293. The first-order valence-electron chi connectivity index (χ1n) is 11.6. The minimum atomic E-state index is -3.28. The highest BCUT2D eigenvalue weighted by molar-refractivity contribution is 8.23. The van der Waals surface area contributed by atoms with Gasteiger partial charge in [0, 0.05) is 19.1 Å². The van der Waals surface area contributed by atoms with Crippen molar-refractivity contribution in [2.45, 2.75) is 45.1 Å². The zero-order valence-corrected chi connectivity index (χ0v) is 19.2. The number of hydrogen-bond donors (Lipinski definition) is 4. The van der Waals surface area contributed by atoms with Gasteiger partial charge in [0.1, 0.15) is 0 Å². The number of aliphatic carboxylic acids is 1. The Kier molecular flexibility index (Phi) is 5.43. The molecule has 1 aliphatic heterocycles. The monoisotopic (exact) mass is 463 g/mol. The molecular weight excluding hydrogens is 430 g/mol. The molecule has 0 aromatic heterocycles. The second-order valence-electron chi connectivity index (χ2n) is 10.2. The van der Waals surface area contributed by atoms with E-state index < -0.39 is 22.3 Å². The molecule has 1 aromatic rings. The van der Waals surface area contributed by atoms with Crippen molar-refractivity contribution in [3.63, 3.8) is 0 Å². The molecule has 4 bridgehead atoms. The highest BCUT2D eigenvalue weighted by Crippen LogP contribution is 2.63. The molecule has 0 spiro atoms. The van der Waals surface area contributed by atoms with E-state index in [0.29, 0.717) is 25.4 Å². The normalized spacial score (nSPS) is 39.0. The van der Waals surface area contributed by atoms with E-state index in [2.05, 4.69) is 5.32 Å². The van der Waals surface area contributed by atoms with Gasteiger partial charge in [-0.2, -0.15) is 4.31 Å². The number of hydrogen-bond acceptors (Lipinski definition) is 6. The Morgan fingerprint density at radius 2 is 1.91 bits per heavy atom. The van der Waals surface area contributed by atoms with E-state index in [0.717, 1.165) is 31.4 Å². The number of carbonyl (C=O) groups is 2. The molecule has 1 saturated heterocycles. The quantitative estimate of drug-likeness (QED) is 0.529. The summed E-state index contributed by atoms with van der Waals surface area (Å²) in [6, 6.07) is 9.24. The Hall–Kier alpha value is -1.81. The van der Waals surface area contributed by atoms with Crippen LogP contribution in [0.1, 0.15) is 39.0 Å². The van der Waals surface area contributed by atoms with Gasteiger partial charge in [0.05, 0.1) is 17.6 Å². The Labute approximate surface area is 190 Å². The highest BCUT2D eigenvalue weighted by atomic mass is 32.3. The number of carboxylic acid groups (broad SMARTS) is 1. The lowest BCUT2D eigenvalue weighted by Crippen LogP contribution is -2.65. The molecule has 6 atom stereocenters. The fourth-order valence-electron chi connectivity index (χ4n) is 7.08. The molecular formula is C23H33N3O5S. The van der Waals surface area contributed by atoms with Crippen LogP contribution in [0, 0.1) is 29.1 Å². The van der Waals surface area contributed by atoms with Crippen molar-refractivity contribution in [2.75, 3.05) is 23.9 Å². The summed E-state index contributed by atoms with van der Waals surface area (Å²) < 4.78 is 25.0. The first-order valence-corrected chi connectivity index (χ1v) is 13.1. The summed E-state index contributed by atoms with van der Waals surface area (Å²) in [5, 5.41) is 13.1. The number of rotatable bonds is 5. The van der Waals surface area contributed by atoms with Crippen molar-refractivity contribution in [3.8, 4) is 0 Å². The van der Waals surface area contributed by atoms with Gasteiger partial charge in [0.2, 0.25) is 5.91 Å². The van der Waals surface area contributed by atoms with Gasteiger partial charge in [-0.05, 0) is 67.9 Å². The fraction of sp³-hybridized carbons (Fsp3) is 0.652. The van der Waals surface area contributed by atoms with E-state index >= 15 is 0 Å². The van der Waals surface area contributed by atoms with Crippen molar-refractivity contribution >= 4 is 28.5 Å². The van der Waals surface area contributed by atoms with E-state index in [9.17, 15) is 23.8 Å². The average molecular weight is 464 g/mol. The van der Waals surface area contributed by atoms with Gasteiger partial charge < -0.3 is 10.4 Å². The van der Waals surface area contributed by atoms with Crippen LogP contribution in [0.15, 0.2) is 30.3 Å². The molecule has 5 fully saturated rings. The number of carboxylic acids is 1. The second-order valence-corrected chi connectivity index (χ2v) is 12.1. The van der Waals surface area contributed by atoms with Gasteiger partial charge >= 0.3 is 5.97 Å². The maximum atomic E-state index is 13.1. The van der Waals surface area contributed by atoms with Crippen LogP contribution in [-0.4, -0.2) is 56.1 Å². The summed E-state index contributed by atoms with van der Waals surface area (Å²) in [6.45, 7) is 2.92. The SMILES string of the molecule is CC1C2CC3CC(CC1(C(=O)O)C3)C2NC(=O)CN1CCCN(c2ccccc2)S1(O)O. The molecule has 9 heteroatoms. The van der Waals surface area contributed by atoms with Crippen LogP contribution in [0.5, 0.6) is 0 Å². The summed E-state index contributed by atoms with van der Waals surface area (Å²) in [7, 11) is -3.28. The topological polar surface area (TPSA) is 113 Å². The molecule has 1 amide bonds. The third kappa shape index (κ3) is 3.41. The van der Waals surface area contributed by atoms with Crippen LogP contribution < -0.4 is 9.62 Å². The minimum Gasteiger partial charge on any atom is -0.481 e. The van der Waals surface area contributed by atoms with E-state index in [-0.39, 0.29) is 36.2 Å². The Morgan fingerprint density at radius 3 is 2.62 bits per heavy atom. The summed E-state index contributed by atoms with van der Waals surface area (Å²) in [5.41, 5.74) is 0.0856.